The van der Waals surface area contributed by atoms with Gasteiger partial charge in [0.15, 0.2) is 0 Å². The number of morpholine rings is 1. The summed E-state index contributed by atoms with van der Waals surface area (Å²) in [5, 5.41) is 6.27. The molecule has 0 aromatic heterocycles. The highest BCUT2D eigenvalue weighted by atomic mass is 35.5. The van der Waals surface area contributed by atoms with Crippen molar-refractivity contribution in [1.82, 2.24) is 10.2 Å². The Morgan fingerprint density at radius 2 is 1.92 bits per heavy atom. The number of ether oxygens (including phenoxy) is 1. The fraction of sp³-hybridized carbons (Fsp3) is 0.579. The van der Waals surface area contributed by atoms with Crippen molar-refractivity contribution in [3.05, 3.63) is 29.8 Å². The quantitative estimate of drug-likeness (QED) is 0.821. The minimum atomic E-state index is -0.00546. The zero-order chi connectivity index (χ0) is 17.5. The lowest BCUT2D eigenvalue weighted by atomic mass is 9.93. The molecule has 1 aromatic rings. The van der Waals surface area contributed by atoms with E-state index in [9.17, 15) is 9.59 Å². The van der Waals surface area contributed by atoms with Gasteiger partial charge >= 0.3 is 0 Å². The maximum atomic E-state index is 12.5. The summed E-state index contributed by atoms with van der Waals surface area (Å²) in [5.41, 5.74) is 1.30. The van der Waals surface area contributed by atoms with Crippen molar-refractivity contribution in [2.75, 3.05) is 44.7 Å². The third-order valence-electron chi connectivity index (χ3n) is 4.93. The van der Waals surface area contributed by atoms with Gasteiger partial charge in [-0.1, -0.05) is 6.07 Å². The Balaban J connectivity index is 0.00000243. The molecule has 2 aliphatic heterocycles. The molecule has 2 fully saturated rings. The average molecular weight is 382 g/mol. The van der Waals surface area contributed by atoms with Crippen LogP contribution in [-0.4, -0.2) is 56.1 Å². The molecule has 2 amide bonds. The van der Waals surface area contributed by atoms with Crippen molar-refractivity contribution in [1.29, 1.82) is 0 Å². The van der Waals surface area contributed by atoms with Gasteiger partial charge in [-0.25, -0.2) is 0 Å². The molecule has 0 bridgehead atoms. The molecule has 0 unspecified atom stereocenters. The number of piperidine rings is 1. The fourth-order valence-electron chi connectivity index (χ4n) is 3.41. The Morgan fingerprint density at radius 3 is 2.65 bits per heavy atom. The van der Waals surface area contributed by atoms with Crippen LogP contribution in [0.2, 0.25) is 0 Å². The van der Waals surface area contributed by atoms with E-state index >= 15 is 0 Å². The Kier molecular flexibility index (Phi) is 8.35. The zero-order valence-corrected chi connectivity index (χ0v) is 15.9. The van der Waals surface area contributed by atoms with Gasteiger partial charge in [-0.05, 0) is 56.5 Å². The van der Waals surface area contributed by atoms with Crippen molar-refractivity contribution in [3.8, 4) is 0 Å². The van der Waals surface area contributed by atoms with E-state index in [4.69, 9.17) is 4.74 Å². The molecule has 0 radical (unpaired) electrons. The van der Waals surface area contributed by atoms with Gasteiger partial charge in [0.25, 0.3) is 5.91 Å². The normalized spacial score (nSPS) is 18.1. The highest BCUT2D eigenvalue weighted by molar-refractivity contribution is 5.97. The molecule has 7 heteroatoms. The summed E-state index contributed by atoms with van der Waals surface area (Å²) in [7, 11) is 0. The second kappa shape index (κ2) is 10.5. The number of nitrogens with one attached hydrogen (secondary N) is 2. The number of benzene rings is 1. The molecular weight excluding hydrogens is 354 g/mol. The molecule has 0 spiro atoms. The van der Waals surface area contributed by atoms with Crippen molar-refractivity contribution in [2.24, 2.45) is 5.92 Å². The summed E-state index contributed by atoms with van der Waals surface area (Å²) in [6.45, 7) is 4.50. The summed E-state index contributed by atoms with van der Waals surface area (Å²) in [4.78, 5) is 26.5. The molecule has 0 saturated carbocycles. The second-order valence-electron chi connectivity index (χ2n) is 6.77. The number of amides is 2. The second-order valence-corrected chi connectivity index (χ2v) is 6.77. The number of hydrogen-bond donors (Lipinski definition) is 2. The van der Waals surface area contributed by atoms with E-state index in [0.717, 1.165) is 32.4 Å². The van der Waals surface area contributed by atoms with Crippen LogP contribution in [0.15, 0.2) is 24.3 Å². The Labute approximate surface area is 161 Å². The molecule has 2 heterocycles. The molecule has 6 nitrogen and oxygen atoms in total. The van der Waals surface area contributed by atoms with E-state index in [-0.39, 0.29) is 24.2 Å². The molecule has 0 atom stereocenters. The predicted octanol–water partition coefficient (Wildman–Crippen LogP) is 2.30. The summed E-state index contributed by atoms with van der Waals surface area (Å²) in [6, 6.07) is 7.21. The number of carbonyl (C=O) groups is 2. The maximum Gasteiger partial charge on any atom is 0.254 e. The van der Waals surface area contributed by atoms with Gasteiger partial charge < -0.3 is 20.3 Å². The number of halogens is 1. The minimum absolute atomic E-state index is 0. The van der Waals surface area contributed by atoms with Crippen LogP contribution in [0.25, 0.3) is 0 Å². The molecular formula is C19H28ClN3O3. The predicted molar refractivity (Wildman–Crippen MR) is 104 cm³/mol. The van der Waals surface area contributed by atoms with Crippen molar-refractivity contribution in [3.63, 3.8) is 0 Å². The van der Waals surface area contributed by atoms with E-state index in [2.05, 4.69) is 10.6 Å². The van der Waals surface area contributed by atoms with Crippen molar-refractivity contribution >= 4 is 29.9 Å². The molecule has 26 heavy (non-hydrogen) atoms. The van der Waals surface area contributed by atoms with Crippen molar-refractivity contribution < 1.29 is 14.3 Å². The molecule has 2 N–H and O–H groups in total. The minimum Gasteiger partial charge on any atom is -0.378 e. The highest BCUT2D eigenvalue weighted by Crippen LogP contribution is 2.19. The number of nitrogens with zero attached hydrogens (tertiary/aromatic N) is 1. The Morgan fingerprint density at radius 1 is 1.19 bits per heavy atom. The average Bonchev–Trinajstić information content (AvgIpc) is 2.67. The summed E-state index contributed by atoms with van der Waals surface area (Å²) in [5.74, 6) is 0.657. The number of hydrogen-bond acceptors (Lipinski definition) is 4. The first-order valence-electron chi connectivity index (χ1n) is 9.20. The molecule has 3 rings (SSSR count). The summed E-state index contributed by atoms with van der Waals surface area (Å²) >= 11 is 0. The lowest BCUT2D eigenvalue weighted by Crippen LogP contribution is -2.40. The third kappa shape index (κ3) is 5.97. The van der Waals surface area contributed by atoms with Crippen molar-refractivity contribution in [2.45, 2.75) is 25.7 Å². The summed E-state index contributed by atoms with van der Waals surface area (Å²) < 4.78 is 5.28. The lowest BCUT2D eigenvalue weighted by molar-refractivity contribution is -0.116. The van der Waals surface area contributed by atoms with Crippen LogP contribution in [0.5, 0.6) is 0 Å². The Bertz CT molecular complexity index is 599. The van der Waals surface area contributed by atoms with Gasteiger partial charge in [0, 0.05) is 30.8 Å². The largest absolute Gasteiger partial charge is 0.378 e. The van der Waals surface area contributed by atoms with Gasteiger partial charge in [0.2, 0.25) is 5.91 Å². The van der Waals surface area contributed by atoms with Gasteiger partial charge in [0.1, 0.15) is 0 Å². The monoisotopic (exact) mass is 381 g/mol. The van der Waals surface area contributed by atoms with Gasteiger partial charge in [-0.15, -0.1) is 12.4 Å². The first-order chi connectivity index (χ1) is 12.2. The van der Waals surface area contributed by atoms with Crippen LogP contribution < -0.4 is 10.6 Å². The van der Waals surface area contributed by atoms with E-state index in [1.165, 1.54) is 0 Å². The van der Waals surface area contributed by atoms with E-state index in [1.807, 2.05) is 12.1 Å². The first-order valence-corrected chi connectivity index (χ1v) is 9.20. The van der Waals surface area contributed by atoms with Crippen LogP contribution in [0.1, 0.15) is 36.0 Å². The summed E-state index contributed by atoms with van der Waals surface area (Å²) in [6.07, 6.45) is 3.76. The molecule has 1 aromatic carbocycles. The highest BCUT2D eigenvalue weighted by Gasteiger charge is 2.19. The van der Waals surface area contributed by atoms with Crippen LogP contribution in [-0.2, 0) is 9.53 Å². The van der Waals surface area contributed by atoms with E-state index in [0.29, 0.717) is 49.9 Å². The fourth-order valence-corrected chi connectivity index (χ4v) is 3.41. The number of carbonyl (C=O) groups excluding carboxylic acids is 2. The molecule has 2 aliphatic rings. The van der Waals surface area contributed by atoms with Gasteiger partial charge in [-0.2, -0.15) is 0 Å². The molecule has 0 aliphatic carbocycles. The topological polar surface area (TPSA) is 70.7 Å². The molecule has 144 valence electrons. The van der Waals surface area contributed by atoms with Crippen LogP contribution >= 0.6 is 12.4 Å². The van der Waals surface area contributed by atoms with Crippen LogP contribution in [0.3, 0.4) is 0 Å². The SMILES string of the molecule is Cl.O=C(CCC1CCNCC1)Nc1cccc(C(=O)N2CCOCC2)c1. The van der Waals surface area contributed by atoms with Crippen LogP contribution in [0, 0.1) is 5.92 Å². The van der Waals surface area contributed by atoms with Gasteiger partial charge in [-0.3, -0.25) is 9.59 Å². The van der Waals surface area contributed by atoms with Crippen LogP contribution in [0.4, 0.5) is 5.69 Å². The number of rotatable bonds is 5. The lowest BCUT2D eigenvalue weighted by Gasteiger charge is -2.27. The standard InChI is InChI=1S/C19H27N3O3.ClH/c23-18(5-4-15-6-8-20-9-7-15)21-17-3-1-2-16(14-17)19(24)22-10-12-25-13-11-22;/h1-3,14-15,20H,4-13H2,(H,21,23);1H. The molecule has 2 saturated heterocycles. The van der Waals surface area contributed by atoms with Gasteiger partial charge in [0.05, 0.1) is 13.2 Å². The van der Waals surface area contributed by atoms with E-state index in [1.54, 1.807) is 17.0 Å². The number of anilines is 1. The third-order valence-corrected chi connectivity index (χ3v) is 4.93. The maximum absolute atomic E-state index is 12.5. The first kappa shape index (κ1) is 20.7. The Hall–Kier alpha value is -1.63. The van der Waals surface area contributed by atoms with E-state index < -0.39 is 0 Å². The zero-order valence-electron chi connectivity index (χ0n) is 15.0. The smallest absolute Gasteiger partial charge is 0.254 e.